The number of hydrogen-bond donors (Lipinski definition) is 0. The number of ether oxygens (including phenoxy) is 1. The normalized spacial score (nSPS) is 14.5. The summed E-state index contributed by atoms with van der Waals surface area (Å²) in [4.78, 5) is 4.84. The maximum Gasteiger partial charge on any atom is 0.0589 e. The molecule has 2 rings (SSSR count). The van der Waals surface area contributed by atoms with Crippen molar-refractivity contribution in [3.05, 3.63) is 29.3 Å². The van der Waals surface area contributed by atoms with Gasteiger partial charge in [-0.25, -0.2) is 0 Å². The second-order valence-electron chi connectivity index (χ2n) is 5.68. The fourth-order valence-electron chi connectivity index (χ4n) is 2.83. The summed E-state index contributed by atoms with van der Waals surface area (Å²) in [5, 5.41) is 0. The Morgan fingerprint density at radius 2 is 2.16 bits per heavy atom. The average Bonchev–Trinajstić information content (AvgIpc) is 2.81. The fourth-order valence-corrected chi connectivity index (χ4v) is 2.83. The molecule has 1 aliphatic heterocycles. The van der Waals surface area contributed by atoms with Crippen LogP contribution in [0.15, 0.2) is 18.2 Å². The van der Waals surface area contributed by atoms with Crippen molar-refractivity contribution in [2.45, 2.75) is 32.9 Å². The Kier molecular flexibility index (Phi) is 4.83. The monoisotopic (exact) mass is 262 g/mol. The highest BCUT2D eigenvalue weighted by Gasteiger charge is 2.23. The van der Waals surface area contributed by atoms with Gasteiger partial charge in [0.2, 0.25) is 0 Å². The summed E-state index contributed by atoms with van der Waals surface area (Å²) in [5.41, 5.74) is 4.45. The molecule has 0 aromatic heterocycles. The van der Waals surface area contributed by atoms with Crippen LogP contribution in [0.3, 0.4) is 0 Å². The van der Waals surface area contributed by atoms with Crippen LogP contribution in [0.1, 0.15) is 25.0 Å². The van der Waals surface area contributed by atoms with Crippen LogP contribution in [0, 0.1) is 0 Å². The van der Waals surface area contributed by atoms with Crippen molar-refractivity contribution in [2.24, 2.45) is 0 Å². The molecule has 0 radical (unpaired) electrons. The van der Waals surface area contributed by atoms with E-state index in [0.717, 1.165) is 26.2 Å². The smallest absolute Gasteiger partial charge is 0.0589 e. The van der Waals surface area contributed by atoms with E-state index in [4.69, 9.17) is 4.74 Å². The van der Waals surface area contributed by atoms with Gasteiger partial charge in [-0.3, -0.25) is 4.90 Å². The average molecular weight is 262 g/mol. The summed E-state index contributed by atoms with van der Waals surface area (Å²) in [6, 6.07) is 7.31. The topological polar surface area (TPSA) is 15.7 Å². The summed E-state index contributed by atoms with van der Waals surface area (Å²) in [6.07, 6.45) is 1.18. The van der Waals surface area contributed by atoms with E-state index in [-0.39, 0.29) is 0 Å². The second-order valence-corrected chi connectivity index (χ2v) is 5.68. The largest absolute Gasteiger partial charge is 0.383 e. The van der Waals surface area contributed by atoms with E-state index in [9.17, 15) is 0 Å². The minimum absolute atomic E-state index is 0.586. The zero-order valence-electron chi connectivity index (χ0n) is 12.6. The van der Waals surface area contributed by atoms with Gasteiger partial charge in [-0.2, -0.15) is 0 Å². The number of hydrogen-bond acceptors (Lipinski definition) is 3. The van der Waals surface area contributed by atoms with Gasteiger partial charge in [0.15, 0.2) is 0 Å². The molecule has 0 unspecified atom stereocenters. The number of likely N-dealkylation sites (N-methyl/N-ethyl adjacent to an activating group) is 1. The van der Waals surface area contributed by atoms with E-state index in [1.807, 2.05) is 0 Å². The van der Waals surface area contributed by atoms with Gasteiger partial charge < -0.3 is 9.64 Å². The zero-order valence-corrected chi connectivity index (χ0v) is 12.6. The molecule has 0 amide bonds. The minimum Gasteiger partial charge on any atom is -0.383 e. The predicted octanol–water partition coefficient (Wildman–Crippen LogP) is 2.54. The Bertz CT molecular complexity index is 417. The molecule has 0 aliphatic carbocycles. The molecule has 1 heterocycles. The van der Waals surface area contributed by atoms with Crippen molar-refractivity contribution < 1.29 is 4.74 Å². The maximum atomic E-state index is 5.14. The molecule has 0 fully saturated rings. The van der Waals surface area contributed by atoms with Crippen molar-refractivity contribution in [1.29, 1.82) is 0 Å². The van der Waals surface area contributed by atoms with Crippen molar-refractivity contribution in [3.8, 4) is 0 Å². The third-order valence-corrected chi connectivity index (χ3v) is 3.90. The Hall–Kier alpha value is -1.06. The lowest BCUT2D eigenvalue weighted by atomic mass is 10.0. The van der Waals surface area contributed by atoms with Crippen LogP contribution in [0.25, 0.3) is 0 Å². The number of rotatable bonds is 6. The second kappa shape index (κ2) is 6.40. The van der Waals surface area contributed by atoms with Gasteiger partial charge in [0.1, 0.15) is 0 Å². The van der Waals surface area contributed by atoms with Crippen molar-refractivity contribution in [3.63, 3.8) is 0 Å². The summed E-state index contributed by atoms with van der Waals surface area (Å²) < 4.78 is 5.14. The Labute approximate surface area is 117 Å². The SMILES string of the molecule is COCCN(C)Cc1cccc2c1CCN2C(C)C. The molecule has 0 saturated heterocycles. The summed E-state index contributed by atoms with van der Waals surface area (Å²) in [7, 11) is 3.92. The van der Waals surface area contributed by atoms with Crippen LogP contribution in [-0.4, -0.2) is 44.8 Å². The number of methoxy groups -OCH3 is 1. The van der Waals surface area contributed by atoms with Gasteiger partial charge in [0.25, 0.3) is 0 Å². The van der Waals surface area contributed by atoms with Crippen LogP contribution in [-0.2, 0) is 17.7 Å². The van der Waals surface area contributed by atoms with E-state index in [0.29, 0.717) is 6.04 Å². The summed E-state index contributed by atoms with van der Waals surface area (Å²) in [5.74, 6) is 0. The third kappa shape index (κ3) is 3.28. The molecule has 0 atom stereocenters. The lowest BCUT2D eigenvalue weighted by Crippen LogP contribution is -2.28. The highest BCUT2D eigenvalue weighted by Crippen LogP contribution is 2.32. The molecule has 0 bridgehead atoms. The molecule has 1 aromatic carbocycles. The molecule has 3 nitrogen and oxygen atoms in total. The van der Waals surface area contributed by atoms with Crippen LogP contribution in [0.4, 0.5) is 5.69 Å². The van der Waals surface area contributed by atoms with Gasteiger partial charge in [-0.15, -0.1) is 0 Å². The molecule has 19 heavy (non-hydrogen) atoms. The molecule has 0 saturated carbocycles. The molecule has 1 aromatic rings. The highest BCUT2D eigenvalue weighted by molar-refractivity contribution is 5.61. The first kappa shape index (κ1) is 14.4. The lowest BCUT2D eigenvalue weighted by molar-refractivity contribution is 0.158. The van der Waals surface area contributed by atoms with Crippen LogP contribution >= 0.6 is 0 Å². The van der Waals surface area contributed by atoms with Crippen LogP contribution in [0.2, 0.25) is 0 Å². The first-order chi connectivity index (χ1) is 9.13. The molecule has 106 valence electrons. The van der Waals surface area contributed by atoms with Crippen LogP contribution in [0.5, 0.6) is 0 Å². The highest BCUT2D eigenvalue weighted by atomic mass is 16.5. The van der Waals surface area contributed by atoms with Gasteiger partial charge in [-0.05, 0) is 44.5 Å². The van der Waals surface area contributed by atoms with Gasteiger partial charge in [-0.1, -0.05) is 12.1 Å². The lowest BCUT2D eigenvalue weighted by Gasteiger charge is -2.24. The Balaban J connectivity index is 2.11. The van der Waals surface area contributed by atoms with Crippen molar-refractivity contribution in [1.82, 2.24) is 4.90 Å². The summed E-state index contributed by atoms with van der Waals surface area (Å²) >= 11 is 0. The summed E-state index contributed by atoms with van der Waals surface area (Å²) in [6.45, 7) is 8.49. The predicted molar refractivity (Wildman–Crippen MR) is 80.8 cm³/mol. The van der Waals surface area contributed by atoms with E-state index in [2.05, 4.69) is 48.9 Å². The molecule has 3 heteroatoms. The first-order valence-corrected chi connectivity index (χ1v) is 7.18. The molecular formula is C16H26N2O. The van der Waals surface area contributed by atoms with E-state index in [1.54, 1.807) is 12.7 Å². The minimum atomic E-state index is 0.586. The Morgan fingerprint density at radius 3 is 2.84 bits per heavy atom. The Morgan fingerprint density at radius 1 is 1.37 bits per heavy atom. The van der Waals surface area contributed by atoms with Crippen LogP contribution < -0.4 is 4.90 Å². The van der Waals surface area contributed by atoms with Crippen molar-refractivity contribution in [2.75, 3.05) is 38.8 Å². The third-order valence-electron chi connectivity index (χ3n) is 3.90. The molecular weight excluding hydrogens is 236 g/mol. The van der Waals surface area contributed by atoms with Gasteiger partial charge in [0.05, 0.1) is 6.61 Å². The number of fused-ring (bicyclic) bond motifs is 1. The standard InChI is InChI=1S/C16H26N2O/c1-13(2)18-9-8-15-14(6-5-7-16(15)18)12-17(3)10-11-19-4/h5-7,13H,8-12H2,1-4H3. The maximum absolute atomic E-state index is 5.14. The zero-order chi connectivity index (χ0) is 13.8. The van der Waals surface area contributed by atoms with Crippen molar-refractivity contribution >= 4 is 5.69 Å². The fraction of sp³-hybridized carbons (Fsp3) is 0.625. The van der Waals surface area contributed by atoms with Gasteiger partial charge in [0, 0.05) is 38.5 Å². The van der Waals surface area contributed by atoms with E-state index >= 15 is 0 Å². The van der Waals surface area contributed by atoms with E-state index < -0.39 is 0 Å². The molecule has 1 aliphatic rings. The first-order valence-electron chi connectivity index (χ1n) is 7.18. The van der Waals surface area contributed by atoms with Gasteiger partial charge >= 0.3 is 0 Å². The molecule has 0 spiro atoms. The van der Waals surface area contributed by atoms with E-state index in [1.165, 1.54) is 17.7 Å². The number of anilines is 1. The molecule has 0 N–H and O–H groups in total. The number of nitrogens with zero attached hydrogens (tertiary/aromatic N) is 2. The quantitative estimate of drug-likeness (QED) is 0.783. The number of benzene rings is 1.